The normalized spacial score (nSPS) is 21.3. The molecule has 1 fully saturated rings. The molecular weight excluding hydrogens is 292 g/mol. The average Bonchev–Trinajstić information content (AvgIpc) is 2.38. The Kier molecular flexibility index (Phi) is 4.65. The first-order valence-electron chi connectivity index (χ1n) is 6.82. The molecule has 0 saturated carbocycles. The predicted octanol–water partition coefficient (Wildman–Crippen LogP) is 0.638. The van der Waals surface area contributed by atoms with E-state index in [9.17, 15) is 13.2 Å². The lowest BCUT2D eigenvalue weighted by atomic mass is 10.2. The zero-order valence-electron chi connectivity index (χ0n) is 12.2. The molecule has 1 aliphatic rings. The van der Waals surface area contributed by atoms with Crippen LogP contribution in [0.5, 0.6) is 0 Å². The van der Waals surface area contributed by atoms with Gasteiger partial charge in [-0.2, -0.15) is 4.31 Å². The van der Waals surface area contributed by atoms with Crippen molar-refractivity contribution >= 4 is 16.0 Å². The van der Waals surface area contributed by atoms with Crippen molar-refractivity contribution in [1.29, 1.82) is 0 Å². The Bertz CT molecular complexity index is 612. The first-order valence-corrected chi connectivity index (χ1v) is 8.26. The maximum Gasteiger partial charge on any atom is 0.307 e. The van der Waals surface area contributed by atoms with E-state index in [-0.39, 0.29) is 17.4 Å². The van der Waals surface area contributed by atoms with Crippen LogP contribution in [0.25, 0.3) is 0 Å². The maximum absolute atomic E-state index is 12.6. The fraction of sp³-hybridized carbons (Fsp3) is 0.500. The number of benzene rings is 1. The monoisotopic (exact) mass is 312 g/mol. The SMILES string of the molecule is CC1CN(C)CCN1S(=O)(=O)c1ccc(CC(=O)O)cc1. The van der Waals surface area contributed by atoms with Crippen molar-refractivity contribution in [2.45, 2.75) is 24.3 Å². The van der Waals surface area contributed by atoms with Crippen molar-refractivity contribution in [1.82, 2.24) is 9.21 Å². The van der Waals surface area contributed by atoms with Crippen molar-refractivity contribution in [2.24, 2.45) is 0 Å². The van der Waals surface area contributed by atoms with Gasteiger partial charge in [0.2, 0.25) is 10.0 Å². The molecular formula is C14H20N2O4S. The predicted molar refractivity (Wildman–Crippen MR) is 78.6 cm³/mol. The number of carbonyl (C=O) groups is 1. The number of sulfonamides is 1. The van der Waals surface area contributed by atoms with Crippen LogP contribution in [0.4, 0.5) is 0 Å². The number of likely N-dealkylation sites (N-methyl/N-ethyl adjacent to an activating group) is 1. The molecule has 1 heterocycles. The van der Waals surface area contributed by atoms with Gasteiger partial charge >= 0.3 is 5.97 Å². The molecule has 2 rings (SSSR count). The number of piperazine rings is 1. The van der Waals surface area contributed by atoms with Crippen molar-refractivity contribution in [3.05, 3.63) is 29.8 Å². The number of rotatable bonds is 4. The lowest BCUT2D eigenvalue weighted by Crippen LogP contribution is -2.52. The summed E-state index contributed by atoms with van der Waals surface area (Å²) in [6, 6.07) is 6.01. The van der Waals surface area contributed by atoms with Crippen LogP contribution in [-0.4, -0.2) is 61.4 Å². The van der Waals surface area contributed by atoms with Gasteiger partial charge in [0.05, 0.1) is 11.3 Å². The summed E-state index contributed by atoms with van der Waals surface area (Å²) in [4.78, 5) is 13.0. The quantitative estimate of drug-likeness (QED) is 0.883. The van der Waals surface area contributed by atoms with Crippen LogP contribution >= 0.6 is 0 Å². The van der Waals surface area contributed by atoms with Crippen LogP contribution in [0, 0.1) is 0 Å². The summed E-state index contributed by atoms with van der Waals surface area (Å²) >= 11 is 0. The summed E-state index contributed by atoms with van der Waals surface area (Å²) in [7, 11) is -1.55. The Morgan fingerprint density at radius 2 is 1.90 bits per heavy atom. The Morgan fingerprint density at radius 1 is 1.29 bits per heavy atom. The molecule has 1 N–H and O–H groups in total. The van der Waals surface area contributed by atoms with E-state index in [0.29, 0.717) is 25.2 Å². The highest BCUT2D eigenvalue weighted by atomic mass is 32.2. The fourth-order valence-corrected chi connectivity index (χ4v) is 4.18. The highest BCUT2D eigenvalue weighted by Crippen LogP contribution is 2.21. The molecule has 1 aromatic rings. The van der Waals surface area contributed by atoms with Gasteiger partial charge in [-0.1, -0.05) is 12.1 Å². The molecule has 0 aromatic heterocycles. The van der Waals surface area contributed by atoms with Crippen molar-refractivity contribution in [3.63, 3.8) is 0 Å². The van der Waals surface area contributed by atoms with E-state index in [1.165, 1.54) is 16.4 Å². The molecule has 1 unspecified atom stereocenters. The lowest BCUT2D eigenvalue weighted by Gasteiger charge is -2.37. The van der Waals surface area contributed by atoms with Gasteiger partial charge in [-0.05, 0) is 31.7 Å². The van der Waals surface area contributed by atoms with E-state index in [0.717, 1.165) is 0 Å². The van der Waals surface area contributed by atoms with Crippen molar-refractivity contribution in [2.75, 3.05) is 26.7 Å². The Labute approximate surface area is 125 Å². The third-order valence-electron chi connectivity index (χ3n) is 3.65. The fourth-order valence-electron chi connectivity index (χ4n) is 2.57. The zero-order chi connectivity index (χ0) is 15.6. The van der Waals surface area contributed by atoms with Crippen molar-refractivity contribution < 1.29 is 18.3 Å². The third kappa shape index (κ3) is 3.61. The highest BCUT2D eigenvalue weighted by Gasteiger charge is 2.32. The van der Waals surface area contributed by atoms with Crippen LogP contribution in [0.2, 0.25) is 0 Å². The second kappa shape index (κ2) is 6.13. The number of aliphatic carboxylic acids is 1. The molecule has 116 valence electrons. The van der Waals surface area contributed by atoms with Gasteiger partial charge in [0.25, 0.3) is 0 Å². The summed E-state index contributed by atoms with van der Waals surface area (Å²) in [6.07, 6.45) is -0.106. The number of hydrogen-bond donors (Lipinski definition) is 1. The minimum absolute atomic E-state index is 0.0764. The van der Waals surface area contributed by atoms with Gasteiger partial charge in [-0.15, -0.1) is 0 Å². The molecule has 7 heteroatoms. The van der Waals surface area contributed by atoms with E-state index in [4.69, 9.17) is 5.11 Å². The van der Waals surface area contributed by atoms with E-state index >= 15 is 0 Å². The van der Waals surface area contributed by atoms with Crippen LogP contribution in [-0.2, 0) is 21.2 Å². The van der Waals surface area contributed by atoms with Gasteiger partial charge in [-0.25, -0.2) is 8.42 Å². The molecule has 1 aliphatic heterocycles. The Hall–Kier alpha value is -1.44. The molecule has 1 atom stereocenters. The molecule has 21 heavy (non-hydrogen) atoms. The number of carboxylic acids is 1. The molecule has 1 saturated heterocycles. The van der Waals surface area contributed by atoms with Gasteiger partial charge in [0.15, 0.2) is 0 Å². The molecule has 0 aliphatic carbocycles. The summed E-state index contributed by atoms with van der Waals surface area (Å²) in [5.41, 5.74) is 0.591. The topological polar surface area (TPSA) is 77.9 Å². The summed E-state index contributed by atoms with van der Waals surface area (Å²) in [5.74, 6) is -0.932. The molecule has 0 radical (unpaired) electrons. The van der Waals surface area contributed by atoms with Crippen LogP contribution in [0.1, 0.15) is 12.5 Å². The second-order valence-corrected chi connectivity index (χ2v) is 7.33. The second-order valence-electron chi connectivity index (χ2n) is 5.44. The first kappa shape index (κ1) is 15.9. The van der Waals surface area contributed by atoms with Gasteiger partial charge < -0.3 is 10.0 Å². The standard InChI is InChI=1S/C14H20N2O4S/c1-11-10-15(2)7-8-16(11)21(19,20)13-5-3-12(4-6-13)9-14(17)18/h3-6,11H,7-10H2,1-2H3,(H,17,18). The highest BCUT2D eigenvalue weighted by molar-refractivity contribution is 7.89. The molecule has 0 spiro atoms. The first-order chi connectivity index (χ1) is 9.80. The van der Waals surface area contributed by atoms with E-state index < -0.39 is 16.0 Å². The minimum Gasteiger partial charge on any atom is -0.481 e. The van der Waals surface area contributed by atoms with Crippen molar-refractivity contribution in [3.8, 4) is 0 Å². The van der Waals surface area contributed by atoms with Gasteiger partial charge in [-0.3, -0.25) is 4.79 Å². The van der Waals surface area contributed by atoms with Gasteiger partial charge in [0.1, 0.15) is 0 Å². The number of hydrogen-bond acceptors (Lipinski definition) is 4. The average molecular weight is 312 g/mol. The van der Waals surface area contributed by atoms with Crippen LogP contribution in [0.3, 0.4) is 0 Å². The van der Waals surface area contributed by atoms with Crippen LogP contribution < -0.4 is 0 Å². The minimum atomic E-state index is -3.52. The Balaban J connectivity index is 2.21. The van der Waals surface area contributed by atoms with E-state index in [1.54, 1.807) is 12.1 Å². The van der Waals surface area contributed by atoms with E-state index in [2.05, 4.69) is 4.90 Å². The maximum atomic E-state index is 12.6. The largest absolute Gasteiger partial charge is 0.481 e. The summed E-state index contributed by atoms with van der Waals surface area (Å²) in [5, 5.41) is 8.73. The summed E-state index contributed by atoms with van der Waals surface area (Å²) < 4.78 is 26.8. The molecule has 0 bridgehead atoms. The smallest absolute Gasteiger partial charge is 0.307 e. The third-order valence-corrected chi connectivity index (χ3v) is 5.68. The molecule has 1 aromatic carbocycles. The lowest BCUT2D eigenvalue weighted by molar-refractivity contribution is -0.136. The summed E-state index contributed by atoms with van der Waals surface area (Å²) in [6.45, 7) is 3.78. The van der Waals surface area contributed by atoms with E-state index in [1.807, 2.05) is 14.0 Å². The zero-order valence-corrected chi connectivity index (χ0v) is 13.0. The molecule has 6 nitrogen and oxygen atoms in total. The number of nitrogens with zero attached hydrogens (tertiary/aromatic N) is 2. The van der Waals surface area contributed by atoms with Crippen LogP contribution in [0.15, 0.2) is 29.2 Å². The molecule has 0 amide bonds. The Morgan fingerprint density at radius 3 is 2.43 bits per heavy atom. The number of carboxylic acid groups (broad SMARTS) is 1. The van der Waals surface area contributed by atoms with Gasteiger partial charge in [0, 0.05) is 25.7 Å².